The Balaban J connectivity index is 1.63. The average Bonchev–Trinajstić information content (AvgIpc) is 3.15. The van der Waals surface area contributed by atoms with E-state index in [-0.39, 0.29) is 16.9 Å². The van der Waals surface area contributed by atoms with Crippen molar-refractivity contribution in [2.45, 2.75) is 51.6 Å². The van der Waals surface area contributed by atoms with Crippen molar-refractivity contribution < 1.29 is 9.15 Å². The Morgan fingerprint density at radius 2 is 1.90 bits per heavy atom. The minimum Gasteiger partial charge on any atom is -0.469 e. The molecule has 1 aliphatic rings. The van der Waals surface area contributed by atoms with E-state index in [1.165, 1.54) is 11.1 Å². The molecular formula is C25H38N2O2. The van der Waals surface area contributed by atoms with E-state index in [1.54, 1.807) is 6.26 Å². The molecule has 1 aromatic heterocycles. The molecule has 4 heteroatoms. The number of benzene rings is 1. The molecule has 0 saturated carbocycles. The molecule has 2 atom stereocenters. The van der Waals surface area contributed by atoms with Crippen molar-refractivity contribution in [1.29, 1.82) is 0 Å². The van der Waals surface area contributed by atoms with Crippen LogP contribution in [0.25, 0.3) is 0 Å². The van der Waals surface area contributed by atoms with Gasteiger partial charge in [0.25, 0.3) is 0 Å². The van der Waals surface area contributed by atoms with Gasteiger partial charge in [-0.1, -0.05) is 29.8 Å². The molecule has 1 aromatic carbocycles. The molecule has 4 nitrogen and oxygen atoms in total. The number of aryl methyl sites for hydroxylation is 1. The van der Waals surface area contributed by atoms with Crippen LogP contribution in [0.2, 0.25) is 0 Å². The fourth-order valence-electron chi connectivity index (χ4n) is 4.96. The lowest BCUT2D eigenvalue weighted by Gasteiger charge is -2.46. The summed E-state index contributed by atoms with van der Waals surface area (Å²) in [5.74, 6) is 1.33. The first-order valence-electron chi connectivity index (χ1n) is 10.9. The van der Waals surface area contributed by atoms with Crippen LogP contribution in [-0.2, 0) is 4.74 Å². The molecule has 3 rings (SSSR count). The third-order valence-corrected chi connectivity index (χ3v) is 6.05. The SMILES string of the molecule is Cc1ccc([C@@H](CCNC[C@]2(CN(C)C)CCOC(C)(C)C2)c2ccco2)cc1. The first kappa shape index (κ1) is 22.1. The highest BCUT2D eigenvalue weighted by Gasteiger charge is 2.40. The molecule has 1 fully saturated rings. The van der Waals surface area contributed by atoms with Gasteiger partial charge in [-0.15, -0.1) is 0 Å². The Bertz CT molecular complexity index is 737. The molecule has 0 bridgehead atoms. The fourth-order valence-corrected chi connectivity index (χ4v) is 4.96. The van der Waals surface area contributed by atoms with E-state index in [4.69, 9.17) is 9.15 Å². The summed E-state index contributed by atoms with van der Waals surface area (Å²) < 4.78 is 11.8. The molecule has 1 saturated heterocycles. The quantitative estimate of drug-likeness (QED) is 0.614. The van der Waals surface area contributed by atoms with Crippen LogP contribution in [-0.4, -0.2) is 50.8 Å². The predicted octanol–water partition coefficient (Wildman–Crippen LogP) is 4.84. The van der Waals surface area contributed by atoms with Crippen molar-refractivity contribution in [1.82, 2.24) is 10.2 Å². The van der Waals surface area contributed by atoms with Crippen molar-refractivity contribution >= 4 is 0 Å². The normalized spacial score (nSPS) is 22.7. The van der Waals surface area contributed by atoms with Crippen molar-refractivity contribution in [3.8, 4) is 0 Å². The summed E-state index contributed by atoms with van der Waals surface area (Å²) in [6.07, 6.45) is 5.00. The Kier molecular flexibility index (Phi) is 7.20. The molecule has 160 valence electrons. The number of nitrogens with zero attached hydrogens (tertiary/aromatic N) is 1. The smallest absolute Gasteiger partial charge is 0.111 e. The van der Waals surface area contributed by atoms with Crippen LogP contribution < -0.4 is 5.32 Å². The number of hydrogen-bond donors (Lipinski definition) is 1. The van der Waals surface area contributed by atoms with Gasteiger partial charge in [-0.2, -0.15) is 0 Å². The van der Waals surface area contributed by atoms with Gasteiger partial charge in [-0.3, -0.25) is 0 Å². The first-order chi connectivity index (χ1) is 13.8. The highest BCUT2D eigenvalue weighted by Crippen LogP contribution is 2.39. The topological polar surface area (TPSA) is 37.6 Å². The zero-order valence-corrected chi connectivity index (χ0v) is 18.8. The monoisotopic (exact) mass is 398 g/mol. The molecule has 0 radical (unpaired) electrons. The maximum atomic E-state index is 6.00. The molecule has 0 aliphatic carbocycles. The lowest BCUT2D eigenvalue weighted by Crippen LogP contribution is -2.51. The van der Waals surface area contributed by atoms with Crippen LogP contribution in [0.15, 0.2) is 47.1 Å². The molecule has 1 N–H and O–H groups in total. The molecular weight excluding hydrogens is 360 g/mol. The average molecular weight is 399 g/mol. The molecule has 0 amide bonds. The van der Waals surface area contributed by atoms with E-state index in [0.717, 1.165) is 51.3 Å². The van der Waals surface area contributed by atoms with Gasteiger partial charge in [0.2, 0.25) is 0 Å². The summed E-state index contributed by atoms with van der Waals surface area (Å²) in [6.45, 7) is 10.5. The van der Waals surface area contributed by atoms with E-state index in [0.29, 0.717) is 0 Å². The molecule has 0 spiro atoms. The lowest BCUT2D eigenvalue weighted by atomic mass is 9.73. The number of rotatable bonds is 9. The van der Waals surface area contributed by atoms with Gasteiger partial charge in [-0.05, 0) is 78.4 Å². The largest absolute Gasteiger partial charge is 0.469 e. The second kappa shape index (κ2) is 9.46. The van der Waals surface area contributed by atoms with Gasteiger partial charge in [0, 0.05) is 31.0 Å². The minimum atomic E-state index is -0.0471. The number of hydrogen-bond acceptors (Lipinski definition) is 4. The summed E-state index contributed by atoms with van der Waals surface area (Å²) in [6, 6.07) is 12.9. The van der Waals surface area contributed by atoms with E-state index in [2.05, 4.69) is 75.4 Å². The summed E-state index contributed by atoms with van der Waals surface area (Å²) in [5.41, 5.74) is 2.82. The molecule has 2 heterocycles. The van der Waals surface area contributed by atoms with Crippen LogP contribution in [0.5, 0.6) is 0 Å². The van der Waals surface area contributed by atoms with E-state index in [1.807, 2.05) is 6.07 Å². The predicted molar refractivity (Wildman–Crippen MR) is 119 cm³/mol. The van der Waals surface area contributed by atoms with Crippen LogP contribution in [0, 0.1) is 12.3 Å². The van der Waals surface area contributed by atoms with Crippen LogP contribution in [0.3, 0.4) is 0 Å². The highest BCUT2D eigenvalue weighted by atomic mass is 16.5. The standard InChI is InChI=1S/C25H38N2O2/c1-20-8-10-21(11-9-20)22(23-7-6-15-28-23)12-14-26-18-25(19-27(4)5)13-16-29-24(2,3)17-25/h6-11,15,22,26H,12-14,16-19H2,1-5H3/t22-,25+/m1/s1. The van der Waals surface area contributed by atoms with Crippen molar-refractivity contribution in [3.63, 3.8) is 0 Å². The van der Waals surface area contributed by atoms with Crippen LogP contribution in [0.1, 0.15) is 55.9 Å². The Hall–Kier alpha value is -1.62. The van der Waals surface area contributed by atoms with Crippen LogP contribution >= 0.6 is 0 Å². The minimum absolute atomic E-state index is 0.0471. The molecule has 2 aromatic rings. The number of furan rings is 1. The van der Waals surface area contributed by atoms with Gasteiger partial charge in [0.15, 0.2) is 0 Å². The zero-order chi connectivity index (χ0) is 20.9. The maximum absolute atomic E-state index is 6.00. The van der Waals surface area contributed by atoms with E-state index >= 15 is 0 Å². The van der Waals surface area contributed by atoms with Gasteiger partial charge in [0.05, 0.1) is 11.9 Å². The van der Waals surface area contributed by atoms with Gasteiger partial charge in [-0.25, -0.2) is 0 Å². The maximum Gasteiger partial charge on any atom is 0.111 e. The Morgan fingerprint density at radius 1 is 1.14 bits per heavy atom. The lowest BCUT2D eigenvalue weighted by molar-refractivity contribution is -0.109. The third kappa shape index (κ3) is 6.18. The van der Waals surface area contributed by atoms with Crippen molar-refractivity contribution in [2.75, 3.05) is 40.3 Å². The first-order valence-corrected chi connectivity index (χ1v) is 10.9. The fraction of sp³-hybridized carbons (Fsp3) is 0.600. The summed E-state index contributed by atoms with van der Waals surface area (Å²) in [5, 5.41) is 3.79. The van der Waals surface area contributed by atoms with Gasteiger partial charge >= 0.3 is 0 Å². The van der Waals surface area contributed by atoms with Crippen molar-refractivity contribution in [3.05, 3.63) is 59.5 Å². The second-order valence-corrected chi connectivity index (χ2v) is 9.72. The third-order valence-electron chi connectivity index (χ3n) is 6.05. The van der Waals surface area contributed by atoms with Gasteiger partial charge in [0.1, 0.15) is 5.76 Å². The Morgan fingerprint density at radius 3 is 2.52 bits per heavy atom. The van der Waals surface area contributed by atoms with Crippen molar-refractivity contribution in [2.24, 2.45) is 5.41 Å². The molecule has 1 aliphatic heterocycles. The van der Waals surface area contributed by atoms with E-state index in [9.17, 15) is 0 Å². The van der Waals surface area contributed by atoms with Crippen LogP contribution in [0.4, 0.5) is 0 Å². The summed E-state index contributed by atoms with van der Waals surface area (Å²) in [4.78, 5) is 2.32. The zero-order valence-electron chi connectivity index (χ0n) is 18.8. The molecule has 0 unspecified atom stereocenters. The second-order valence-electron chi connectivity index (χ2n) is 9.72. The number of nitrogens with one attached hydrogen (secondary N) is 1. The highest BCUT2D eigenvalue weighted by molar-refractivity contribution is 5.30. The Labute approximate surface area is 176 Å². The van der Waals surface area contributed by atoms with Gasteiger partial charge < -0.3 is 19.4 Å². The summed E-state index contributed by atoms with van der Waals surface area (Å²) in [7, 11) is 4.35. The molecule has 29 heavy (non-hydrogen) atoms. The summed E-state index contributed by atoms with van der Waals surface area (Å²) >= 11 is 0. The van der Waals surface area contributed by atoms with E-state index < -0.39 is 0 Å². The number of ether oxygens (including phenoxy) is 1.